The smallest absolute Gasteiger partial charge is 0.413 e. The Kier molecular flexibility index (Phi) is 5.39. The van der Waals surface area contributed by atoms with Crippen LogP contribution in [0, 0.1) is 24.0 Å². The molecule has 1 amide bonds. The summed E-state index contributed by atoms with van der Waals surface area (Å²) in [4.78, 5) is 30.1. The fourth-order valence-electron chi connectivity index (χ4n) is 2.02. The first kappa shape index (κ1) is 19.1. The molecule has 0 bridgehead atoms. The first-order chi connectivity index (χ1) is 12.1. The number of carbonyl (C=O) groups is 1. The molecule has 0 aromatic carbocycles. The third-order valence-electron chi connectivity index (χ3n) is 3.20. The molecule has 138 valence electrons. The number of aryl methyl sites for hydroxylation is 1. The van der Waals surface area contributed by atoms with E-state index in [9.17, 15) is 14.9 Å². The van der Waals surface area contributed by atoms with Gasteiger partial charge in [0.1, 0.15) is 17.2 Å². The SMILES string of the molecule is Cc1nc([N+](=O)[O-])ccc1Oc1ccnc(NC(=O)OC(C)(C)C)c1C. The van der Waals surface area contributed by atoms with Crippen LogP contribution in [0.3, 0.4) is 0 Å². The lowest BCUT2D eigenvalue weighted by Gasteiger charge is -2.20. The van der Waals surface area contributed by atoms with Crippen LogP contribution < -0.4 is 10.1 Å². The number of amides is 1. The molecule has 0 saturated heterocycles. The summed E-state index contributed by atoms with van der Waals surface area (Å²) in [6.45, 7) is 8.62. The van der Waals surface area contributed by atoms with Crippen molar-refractivity contribution in [2.75, 3.05) is 5.32 Å². The quantitative estimate of drug-likeness (QED) is 0.643. The maximum Gasteiger partial charge on any atom is 0.413 e. The van der Waals surface area contributed by atoms with E-state index >= 15 is 0 Å². The lowest BCUT2D eigenvalue weighted by atomic mass is 10.2. The fraction of sp³-hybridized carbons (Fsp3) is 0.353. The Morgan fingerprint density at radius 1 is 1.19 bits per heavy atom. The van der Waals surface area contributed by atoms with Crippen molar-refractivity contribution >= 4 is 17.7 Å². The number of nitro groups is 1. The second-order valence-electron chi connectivity index (χ2n) is 6.52. The molecule has 0 radical (unpaired) electrons. The van der Waals surface area contributed by atoms with Crippen LogP contribution in [0.4, 0.5) is 16.4 Å². The van der Waals surface area contributed by atoms with Gasteiger partial charge in [0.2, 0.25) is 0 Å². The van der Waals surface area contributed by atoms with Gasteiger partial charge in [-0.25, -0.2) is 9.78 Å². The first-order valence-corrected chi connectivity index (χ1v) is 7.82. The number of nitrogens with zero attached hydrogens (tertiary/aromatic N) is 3. The molecule has 0 aliphatic heterocycles. The van der Waals surface area contributed by atoms with Gasteiger partial charge in [-0.3, -0.25) is 5.32 Å². The number of rotatable bonds is 4. The summed E-state index contributed by atoms with van der Waals surface area (Å²) in [5.41, 5.74) is 0.321. The predicted molar refractivity (Wildman–Crippen MR) is 94.5 cm³/mol. The lowest BCUT2D eigenvalue weighted by molar-refractivity contribution is -0.389. The van der Waals surface area contributed by atoms with Gasteiger partial charge >= 0.3 is 11.9 Å². The minimum atomic E-state index is -0.631. The standard InChI is InChI=1S/C17H20N4O5/c1-10-12(25-13-6-7-14(21(23)24)19-11(13)2)8-9-18-15(10)20-16(22)26-17(3,4)5/h6-9H,1-5H3,(H,18,20,22). The van der Waals surface area contributed by atoms with E-state index in [1.165, 1.54) is 18.3 Å². The molecule has 0 unspecified atom stereocenters. The van der Waals surface area contributed by atoms with Crippen molar-refractivity contribution in [3.8, 4) is 11.5 Å². The molecule has 0 aliphatic rings. The van der Waals surface area contributed by atoms with Gasteiger partial charge in [0.15, 0.2) is 11.4 Å². The van der Waals surface area contributed by atoms with Crippen molar-refractivity contribution < 1.29 is 19.2 Å². The summed E-state index contributed by atoms with van der Waals surface area (Å²) in [5.74, 6) is 0.843. The van der Waals surface area contributed by atoms with Crippen molar-refractivity contribution in [3.63, 3.8) is 0 Å². The van der Waals surface area contributed by atoms with Gasteiger partial charge in [-0.15, -0.1) is 0 Å². The average Bonchev–Trinajstić information content (AvgIpc) is 2.51. The molecule has 0 spiro atoms. The van der Waals surface area contributed by atoms with E-state index in [4.69, 9.17) is 9.47 Å². The maximum atomic E-state index is 11.9. The molecule has 2 heterocycles. The highest BCUT2D eigenvalue weighted by molar-refractivity contribution is 5.85. The number of nitrogens with one attached hydrogen (secondary N) is 1. The zero-order valence-electron chi connectivity index (χ0n) is 15.2. The Labute approximate surface area is 150 Å². The Morgan fingerprint density at radius 2 is 1.88 bits per heavy atom. The number of anilines is 1. The van der Waals surface area contributed by atoms with Crippen LogP contribution in [-0.2, 0) is 4.74 Å². The van der Waals surface area contributed by atoms with Crippen LogP contribution in [0.1, 0.15) is 32.0 Å². The summed E-state index contributed by atoms with van der Waals surface area (Å²) < 4.78 is 11.0. The van der Waals surface area contributed by atoms with Crippen LogP contribution >= 0.6 is 0 Å². The largest absolute Gasteiger partial charge is 0.453 e. The highest BCUT2D eigenvalue weighted by Gasteiger charge is 2.19. The van der Waals surface area contributed by atoms with Gasteiger partial charge in [-0.2, -0.15) is 0 Å². The van der Waals surface area contributed by atoms with E-state index in [0.717, 1.165) is 0 Å². The third kappa shape index (κ3) is 4.88. The molecule has 1 N–H and O–H groups in total. The number of pyridine rings is 2. The number of aromatic nitrogens is 2. The maximum absolute atomic E-state index is 11.9. The average molecular weight is 360 g/mol. The summed E-state index contributed by atoms with van der Waals surface area (Å²) in [5, 5.41) is 13.3. The summed E-state index contributed by atoms with van der Waals surface area (Å²) in [6, 6.07) is 4.36. The number of ether oxygens (including phenoxy) is 2. The molecule has 26 heavy (non-hydrogen) atoms. The normalized spacial score (nSPS) is 11.0. The van der Waals surface area contributed by atoms with Crippen LogP contribution in [0.15, 0.2) is 24.4 Å². The third-order valence-corrected chi connectivity index (χ3v) is 3.20. The predicted octanol–water partition coefficient (Wildman–Crippen LogP) is 4.14. The van der Waals surface area contributed by atoms with Crippen LogP contribution in [0.25, 0.3) is 0 Å². The van der Waals surface area contributed by atoms with Gasteiger partial charge in [0.05, 0.1) is 0 Å². The Balaban J connectivity index is 2.21. The van der Waals surface area contributed by atoms with Gasteiger partial charge in [-0.05, 0) is 49.7 Å². The number of hydrogen-bond acceptors (Lipinski definition) is 7. The van der Waals surface area contributed by atoms with Gasteiger partial charge < -0.3 is 19.6 Å². The van der Waals surface area contributed by atoms with Gasteiger partial charge in [0, 0.05) is 24.8 Å². The molecule has 9 heteroatoms. The second kappa shape index (κ2) is 7.34. The van der Waals surface area contributed by atoms with Crippen molar-refractivity contribution in [3.05, 3.63) is 45.8 Å². The zero-order valence-corrected chi connectivity index (χ0v) is 15.2. The summed E-state index contributed by atoms with van der Waals surface area (Å²) in [6.07, 6.45) is 0.849. The summed E-state index contributed by atoms with van der Waals surface area (Å²) >= 11 is 0. The Bertz CT molecular complexity index is 846. The molecule has 9 nitrogen and oxygen atoms in total. The Hall–Kier alpha value is -3.23. The monoisotopic (exact) mass is 360 g/mol. The van der Waals surface area contributed by atoms with Crippen molar-refractivity contribution in [1.29, 1.82) is 0 Å². The van der Waals surface area contributed by atoms with Crippen molar-refractivity contribution in [2.45, 2.75) is 40.2 Å². The second-order valence-corrected chi connectivity index (χ2v) is 6.52. The first-order valence-electron chi connectivity index (χ1n) is 7.82. The molecular formula is C17H20N4O5. The number of carbonyl (C=O) groups excluding carboxylic acids is 1. The molecule has 2 rings (SSSR count). The molecule has 0 aliphatic carbocycles. The van der Waals surface area contributed by atoms with Crippen LogP contribution in [-0.4, -0.2) is 26.6 Å². The lowest BCUT2D eigenvalue weighted by Crippen LogP contribution is -2.27. The van der Waals surface area contributed by atoms with E-state index in [0.29, 0.717) is 28.6 Å². The summed E-state index contributed by atoms with van der Waals surface area (Å²) in [7, 11) is 0. The molecule has 0 saturated carbocycles. The highest BCUT2D eigenvalue weighted by Crippen LogP contribution is 2.30. The van der Waals surface area contributed by atoms with Crippen LogP contribution in [0.5, 0.6) is 11.5 Å². The molecule has 0 fully saturated rings. The zero-order chi connectivity index (χ0) is 19.5. The van der Waals surface area contributed by atoms with Crippen molar-refractivity contribution in [1.82, 2.24) is 9.97 Å². The minimum absolute atomic E-state index is 0.256. The molecule has 2 aromatic rings. The Morgan fingerprint density at radius 3 is 2.46 bits per heavy atom. The number of hydrogen-bond donors (Lipinski definition) is 1. The van der Waals surface area contributed by atoms with E-state index < -0.39 is 16.6 Å². The fourth-order valence-corrected chi connectivity index (χ4v) is 2.02. The van der Waals surface area contributed by atoms with E-state index in [2.05, 4.69) is 15.3 Å². The molecule has 2 aromatic heterocycles. The molecular weight excluding hydrogens is 340 g/mol. The van der Waals surface area contributed by atoms with Crippen molar-refractivity contribution in [2.24, 2.45) is 0 Å². The van der Waals surface area contributed by atoms with Gasteiger partial charge in [0.25, 0.3) is 0 Å². The van der Waals surface area contributed by atoms with Gasteiger partial charge in [-0.1, -0.05) is 0 Å². The topological polar surface area (TPSA) is 116 Å². The van der Waals surface area contributed by atoms with E-state index in [1.54, 1.807) is 40.7 Å². The van der Waals surface area contributed by atoms with Crippen LogP contribution in [0.2, 0.25) is 0 Å². The van der Waals surface area contributed by atoms with E-state index in [1.807, 2.05) is 0 Å². The minimum Gasteiger partial charge on any atom is -0.453 e. The van der Waals surface area contributed by atoms with E-state index in [-0.39, 0.29) is 5.82 Å². The molecule has 0 atom stereocenters. The highest BCUT2D eigenvalue weighted by atomic mass is 16.6.